The number of pyridine rings is 1. The predicted molar refractivity (Wildman–Crippen MR) is 88.7 cm³/mol. The maximum atomic E-state index is 4.52. The van der Waals surface area contributed by atoms with Crippen molar-refractivity contribution >= 4 is 43.2 Å². The monoisotopic (exact) mass is 402 g/mol. The molecule has 0 fully saturated rings. The summed E-state index contributed by atoms with van der Waals surface area (Å²) in [5.74, 6) is 0. The van der Waals surface area contributed by atoms with Crippen molar-refractivity contribution in [2.24, 2.45) is 0 Å². The number of hydrogen-bond donors (Lipinski definition) is 1. The molecule has 19 heavy (non-hydrogen) atoms. The van der Waals surface area contributed by atoms with E-state index in [2.05, 4.69) is 66.6 Å². The Morgan fingerprint density at radius 1 is 1.32 bits per heavy atom. The van der Waals surface area contributed by atoms with Gasteiger partial charge in [0.2, 0.25) is 0 Å². The second-order valence-corrected chi connectivity index (χ2v) is 7.17. The average molecular weight is 404 g/mol. The van der Waals surface area contributed by atoms with Crippen molar-refractivity contribution in [1.82, 2.24) is 10.3 Å². The Balaban J connectivity index is 2.13. The van der Waals surface area contributed by atoms with Crippen LogP contribution in [0.5, 0.6) is 0 Å². The Bertz CT molecular complexity index is 510. The van der Waals surface area contributed by atoms with Crippen LogP contribution in [0.2, 0.25) is 0 Å². The maximum Gasteiger partial charge on any atom is 0.0577 e. The molecule has 0 aliphatic rings. The van der Waals surface area contributed by atoms with Gasteiger partial charge in [-0.15, -0.1) is 11.3 Å². The smallest absolute Gasteiger partial charge is 0.0577 e. The first-order valence-corrected chi connectivity index (χ1v) is 8.73. The Morgan fingerprint density at radius 2 is 2.16 bits per heavy atom. The molecule has 2 heterocycles. The molecule has 0 saturated carbocycles. The molecule has 1 N–H and O–H groups in total. The molecule has 0 radical (unpaired) electrons. The van der Waals surface area contributed by atoms with Gasteiger partial charge >= 0.3 is 0 Å². The molecule has 0 aliphatic heterocycles. The SMILES string of the molecule is CCCNC(Cc1cc(Br)cs1)c1ccc(Br)cn1. The quantitative estimate of drug-likeness (QED) is 0.737. The van der Waals surface area contributed by atoms with Gasteiger partial charge in [-0.05, 0) is 63.0 Å². The van der Waals surface area contributed by atoms with Gasteiger partial charge < -0.3 is 5.32 Å². The van der Waals surface area contributed by atoms with Crippen LogP contribution in [0.1, 0.15) is 30.0 Å². The molecule has 0 aromatic carbocycles. The lowest BCUT2D eigenvalue weighted by atomic mass is 10.1. The van der Waals surface area contributed by atoms with Gasteiger partial charge in [0, 0.05) is 31.8 Å². The van der Waals surface area contributed by atoms with Crippen LogP contribution < -0.4 is 5.32 Å². The van der Waals surface area contributed by atoms with E-state index >= 15 is 0 Å². The van der Waals surface area contributed by atoms with Crippen LogP contribution in [-0.4, -0.2) is 11.5 Å². The van der Waals surface area contributed by atoms with Gasteiger partial charge in [0.25, 0.3) is 0 Å². The van der Waals surface area contributed by atoms with Gasteiger partial charge in [-0.25, -0.2) is 0 Å². The second-order valence-electron chi connectivity index (χ2n) is 4.34. The summed E-state index contributed by atoms with van der Waals surface area (Å²) in [6, 6.07) is 6.59. The summed E-state index contributed by atoms with van der Waals surface area (Å²) >= 11 is 8.72. The fraction of sp³-hybridized carbons (Fsp3) is 0.357. The highest BCUT2D eigenvalue weighted by Crippen LogP contribution is 2.25. The average Bonchev–Trinajstić information content (AvgIpc) is 2.81. The lowest BCUT2D eigenvalue weighted by Crippen LogP contribution is -2.24. The summed E-state index contributed by atoms with van der Waals surface area (Å²) in [5, 5.41) is 5.70. The first kappa shape index (κ1) is 15.2. The molecule has 0 amide bonds. The normalized spacial score (nSPS) is 12.6. The Hall–Kier alpha value is -0.230. The van der Waals surface area contributed by atoms with Crippen molar-refractivity contribution in [2.45, 2.75) is 25.8 Å². The zero-order valence-electron chi connectivity index (χ0n) is 10.7. The lowest BCUT2D eigenvalue weighted by molar-refractivity contribution is 0.520. The van der Waals surface area contributed by atoms with Crippen LogP contribution in [-0.2, 0) is 6.42 Å². The van der Waals surface area contributed by atoms with Crippen molar-refractivity contribution in [3.63, 3.8) is 0 Å². The molecule has 1 unspecified atom stereocenters. The van der Waals surface area contributed by atoms with Crippen LogP contribution in [0.4, 0.5) is 0 Å². The third-order valence-electron chi connectivity index (χ3n) is 2.78. The summed E-state index contributed by atoms with van der Waals surface area (Å²) in [4.78, 5) is 5.88. The number of thiophene rings is 1. The van der Waals surface area contributed by atoms with E-state index in [4.69, 9.17) is 0 Å². The van der Waals surface area contributed by atoms with E-state index in [0.29, 0.717) is 0 Å². The van der Waals surface area contributed by atoms with E-state index in [1.165, 1.54) is 4.88 Å². The van der Waals surface area contributed by atoms with Gasteiger partial charge in [-0.1, -0.05) is 6.92 Å². The molecule has 0 bridgehead atoms. The van der Waals surface area contributed by atoms with E-state index in [-0.39, 0.29) is 6.04 Å². The van der Waals surface area contributed by atoms with E-state index < -0.39 is 0 Å². The maximum absolute atomic E-state index is 4.52. The molecule has 0 aliphatic carbocycles. The standard InChI is InChI=1S/C14H16Br2N2S/c1-2-5-17-14(7-12-6-11(16)9-19-12)13-4-3-10(15)8-18-13/h3-4,6,8-9,14,17H,2,5,7H2,1H3. The number of nitrogens with one attached hydrogen (secondary N) is 1. The first-order valence-electron chi connectivity index (χ1n) is 6.26. The summed E-state index contributed by atoms with van der Waals surface area (Å²) in [5.41, 5.74) is 1.10. The van der Waals surface area contributed by atoms with Crippen LogP contribution in [0.25, 0.3) is 0 Å². The van der Waals surface area contributed by atoms with Gasteiger partial charge in [0.15, 0.2) is 0 Å². The number of halogens is 2. The molecular weight excluding hydrogens is 388 g/mol. The van der Waals surface area contributed by atoms with Gasteiger partial charge in [0.1, 0.15) is 0 Å². The van der Waals surface area contributed by atoms with E-state index in [0.717, 1.165) is 34.0 Å². The molecule has 2 aromatic heterocycles. The minimum atomic E-state index is 0.276. The first-order chi connectivity index (χ1) is 9.19. The van der Waals surface area contributed by atoms with Gasteiger partial charge in [0.05, 0.1) is 11.7 Å². The second kappa shape index (κ2) is 7.53. The molecular formula is C14H16Br2N2S. The lowest BCUT2D eigenvalue weighted by Gasteiger charge is -2.17. The van der Waals surface area contributed by atoms with Crippen LogP contribution in [0.15, 0.2) is 38.7 Å². The summed E-state index contributed by atoms with van der Waals surface area (Å²) in [6.07, 6.45) is 3.96. The number of rotatable bonds is 6. The molecule has 2 rings (SSSR count). The molecule has 0 saturated heterocycles. The van der Waals surface area contributed by atoms with Gasteiger partial charge in [-0.2, -0.15) is 0 Å². The summed E-state index contributed by atoms with van der Waals surface area (Å²) in [6.45, 7) is 3.19. The molecule has 2 nitrogen and oxygen atoms in total. The highest BCUT2D eigenvalue weighted by atomic mass is 79.9. The van der Waals surface area contributed by atoms with Crippen molar-refractivity contribution in [3.05, 3.63) is 49.3 Å². The van der Waals surface area contributed by atoms with Crippen LogP contribution in [0, 0.1) is 0 Å². The molecule has 0 spiro atoms. The van der Waals surface area contributed by atoms with Crippen molar-refractivity contribution in [2.75, 3.05) is 6.54 Å². The fourth-order valence-corrected chi connectivity index (χ4v) is 3.59. The minimum Gasteiger partial charge on any atom is -0.308 e. The minimum absolute atomic E-state index is 0.276. The highest BCUT2D eigenvalue weighted by molar-refractivity contribution is 9.10. The Kier molecular flexibility index (Phi) is 6.01. The third-order valence-corrected chi connectivity index (χ3v) is 4.96. The van der Waals surface area contributed by atoms with Crippen molar-refractivity contribution in [3.8, 4) is 0 Å². The highest BCUT2D eigenvalue weighted by Gasteiger charge is 2.14. The van der Waals surface area contributed by atoms with E-state index in [9.17, 15) is 0 Å². The van der Waals surface area contributed by atoms with Crippen molar-refractivity contribution < 1.29 is 0 Å². The zero-order valence-corrected chi connectivity index (χ0v) is 14.7. The van der Waals surface area contributed by atoms with Crippen LogP contribution >= 0.6 is 43.2 Å². The molecule has 1 atom stereocenters. The third kappa shape index (κ3) is 4.67. The van der Waals surface area contributed by atoms with E-state index in [1.807, 2.05) is 12.3 Å². The zero-order chi connectivity index (χ0) is 13.7. The number of hydrogen-bond acceptors (Lipinski definition) is 3. The predicted octanol–water partition coefficient (Wildman–Crippen LogP) is 4.95. The molecule has 102 valence electrons. The van der Waals surface area contributed by atoms with Crippen LogP contribution in [0.3, 0.4) is 0 Å². The number of aromatic nitrogens is 1. The topological polar surface area (TPSA) is 24.9 Å². The Labute approximate surface area is 134 Å². The molecule has 2 aromatic rings. The Morgan fingerprint density at radius 3 is 2.74 bits per heavy atom. The van der Waals surface area contributed by atoms with Gasteiger partial charge in [-0.3, -0.25) is 4.98 Å². The molecule has 5 heteroatoms. The largest absolute Gasteiger partial charge is 0.308 e. The van der Waals surface area contributed by atoms with Crippen molar-refractivity contribution in [1.29, 1.82) is 0 Å². The van der Waals surface area contributed by atoms with E-state index in [1.54, 1.807) is 11.3 Å². The summed E-state index contributed by atoms with van der Waals surface area (Å²) < 4.78 is 2.18. The number of nitrogens with zero attached hydrogens (tertiary/aromatic N) is 1. The fourth-order valence-electron chi connectivity index (χ4n) is 1.86. The summed E-state index contributed by atoms with van der Waals surface area (Å²) in [7, 11) is 0.